The van der Waals surface area contributed by atoms with Crippen LogP contribution in [0.5, 0.6) is 0 Å². The van der Waals surface area contributed by atoms with Gasteiger partial charge in [0.2, 0.25) is 0 Å². The first-order valence-corrected chi connectivity index (χ1v) is 11.5. The molecule has 0 saturated heterocycles. The van der Waals surface area contributed by atoms with Gasteiger partial charge in [-0.15, -0.1) is 0 Å². The number of nitro benzene ring substituents is 1. The first-order valence-electron chi connectivity index (χ1n) is 9.30. The van der Waals surface area contributed by atoms with Crippen molar-refractivity contribution in [1.82, 2.24) is 0 Å². The number of carbonyl (C=O) groups is 2. The molecule has 0 fully saturated rings. The van der Waals surface area contributed by atoms with Crippen LogP contribution in [0.2, 0.25) is 10.0 Å². The highest BCUT2D eigenvalue weighted by atomic mass is 35.5. The zero-order valence-corrected chi connectivity index (χ0v) is 19.5. The second-order valence-electron chi connectivity index (χ2n) is 6.96. The molecule has 13 heteroatoms. The Morgan fingerprint density at radius 3 is 2.38 bits per heavy atom. The fraction of sp³-hybridized carbons (Fsp3) is 0.0476. The molecule has 34 heavy (non-hydrogen) atoms. The second-order valence-corrected chi connectivity index (χ2v) is 9.43. The number of aryl methyl sites for hydroxylation is 1. The number of benzene rings is 3. The van der Waals surface area contributed by atoms with Crippen LogP contribution in [-0.4, -0.2) is 30.3 Å². The summed E-state index contributed by atoms with van der Waals surface area (Å²) in [7, 11) is -4.36. The number of anilines is 2. The molecule has 0 spiro atoms. The molecule has 0 aliphatic rings. The highest BCUT2D eigenvalue weighted by molar-refractivity contribution is 7.92. The summed E-state index contributed by atoms with van der Waals surface area (Å²) >= 11 is 12.2. The summed E-state index contributed by atoms with van der Waals surface area (Å²) in [6.45, 7) is 1.62. The fourth-order valence-electron chi connectivity index (χ4n) is 2.88. The molecule has 0 heterocycles. The molecule has 10 nitrogen and oxygen atoms in total. The molecule has 0 aliphatic heterocycles. The summed E-state index contributed by atoms with van der Waals surface area (Å²) in [5, 5.41) is 22.2. The molecule has 0 saturated carbocycles. The van der Waals surface area contributed by atoms with E-state index in [0.29, 0.717) is 5.56 Å². The second kappa shape index (κ2) is 9.67. The van der Waals surface area contributed by atoms with Gasteiger partial charge in [0.25, 0.3) is 21.6 Å². The van der Waals surface area contributed by atoms with E-state index in [4.69, 9.17) is 28.3 Å². The zero-order valence-electron chi connectivity index (χ0n) is 17.2. The quantitative estimate of drug-likeness (QED) is 0.291. The van der Waals surface area contributed by atoms with Gasteiger partial charge >= 0.3 is 5.97 Å². The average molecular weight is 524 g/mol. The van der Waals surface area contributed by atoms with Gasteiger partial charge in [-0.25, -0.2) is 13.2 Å². The molecule has 0 aliphatic carbocycles. The van der Waals surface area contributed by atoms with Crippen molar-refractivity contribution >= 4 is 62.2 Å². The topological polar surface area (TPSA) is 156 Å². The van der Waals surface area contributed by atoms with Crippen molar-refractivity contribution in [2.45, 2.75) is 11.8 Å². The number of halogens is 2. The van der Waals surface area contributed by atoms with Gasteiger partial charge in [0.1, 0.15) is 4.90 Å². The number of rotatable bonds is 7. The minimum atomic E-state index is -4.36. The largest absolute Gasteiger partial charge is 0.478 e. The molecular weight excluding hydrogens is 509 g/mol. The zero-order chi connectivity index (χ0) is 25.2. The third-order valence-corrected chi connectivity index (χ3v) is 6.76. The molecule has 0 aromatic heterocycles. The lowest BCUT2D eigenvalue weighted by Crippen LogP contribution is -2.17. The first kappa shape index (κ1) is 25.0. The van der Waals surface area contributed by atoms with Crippen LogP contribution in [0.15, 0.2) is 59.5 Å². The molecule has 0 atom stereocenters. The number of non-ortho nitro benzene ring substituents is 1. The van der Waals surface area contributed by atoms with E-state index in [1.165, 1.54) is 30.3 Å². The maximum absolute atomic E-state index is 12.9. The van der Waals surface area contributed by atoms with Crippen molar-refractivity contribution in [2.75, 3.05) is 10.0 Å². The molecule has 1 amide bonds. The van der Waals surface area contributed by atoms with Crippen molar-refractivity contribution < 1.29 is 28.0 Å². The SMILES string of the molecule is Cc1ccc([N+](=O)[O-])cc1NC(=O)c1cc(S(=O)(=O)Nc2cccc(C(=O)O)c2)c(Cl)cc1Cl. The van der Waals surface area contributed by atoms with E-state index >= 15 is 0 Å². The van der Waals surface area contributed by atoms with E-state index in [9.17, 15) is 28.1 Å². The molecule has 176 valence electrons. The van der Waals surface area contributed by atoms with Crippen LogP contribution in [0.1, 0.15) is 26.3 Å². The summed E-state index contributed by atoms with van der Waals surface area (Å²) in [6.07, 6.45) is 0. The molecule has 3 N–H and O–H groups in total. The van der Waals surface area contributed by atoms with Crippen LogP contribution >= 0.6 is 23.2 Å². The number of hydrogen-bond acceptors (Lipinski definition) is 6. The number of carboxylic acid groups (broad SMARTS) is 1. The van der Waals surface area contributed by atoms with Crippen molar-refractivity contribution in [1.29, 1.82) is 0 Å². The Morgan fingerprint density at radius 2 is 1.74 bits per heavy atom. The van der Waals surface area contributed by atoms with Gasteiger partial charge in [0, 0.05) is 17.8 Å². The molecule has 0 radical (unpaired) electrons. The Kier molecular flexibility index (Phi) is 7.10. The van der Waals surface area contributed by atoms with Crippen molar-refractivity contribution in [3.8, 4) is 0 Å². The summed E-state index contributed by atoms with van der Waals surface area (Å²) in [5.41, 5.74) is -0.0233. The number of nitro groups is 1. The Balaban J connectivity index is 1.97. The van der Waals surface area contributed by atoms with E-state index in [2.05, 4.69) is 10.0 Å². The predicted octanol–water partition coefficient (Wildman–Crippen LogP) is 4.96. The van der Waals surface area contributed by atoms with Crippen LogP contribution in [-0.2, 0) is 10.0 Å². The van der Waals surface area contributed by atoms with E-state index < -0.39 is 31.7 Å². The Hall–Kier alpha value is -3.67. The Bertz CT molecular complexity index is 1440. The predicted molar refractivity (Wildman–Crippen MR) is 126 cm³/mol. The van der Waals surface area contributed by atoms with Gasteiger partial charge in [-0.05, 0) is 42.8 Å². The molecule has 0 unspecified atom stereocenters. The summed E-state index contributed by atoms with van der Waals surface area (Å²) in [4.78, 5) is 33.9. The number of sulfonamides is 1. The van der Waals surface area contributed by atoms with E-state index in [0.717, 1.165) is 24.3 Å². The number of carboxylic acids is 1. The van der Waals surface area contributed by atoms with Crippen LogP contribution in [0.25, 0.3) is 0 Å². The first-order chi connectivity index (χ1) is 15.9. The number of carbonyl (C=O) groups excluding carboxylic acids is 1. The van der Waals surface area contributed by atoms with Crippen molar-refractivity contribution in [3.05, 3.63) is 91.4 Å². The average Bonchev–Trinajstić information content (AvgIpc) is 2.74. The van der Waals surface area contributed by atoms with Gasteiger partial charge < -0.3 is 10.4 Å². The van der Waals surface area contributed by atoms with E-state index in [1.54, 1.807) is 6.92 Å². The van der Waals surface area contributed by atoms with Crippen molar-refractivity contribution in [3.63, 3.8) is 0 Å². The molecule has 3 rings (SSSR count). The van der Waals surface area contributed by atoms with E-state index in [1.807, 2.05) is 0 Å². The maximum Gasteiger partial charge on any atom is 0.335 e. The standard InChI is InChI=1S/C21H15Cl2N3O7S/c1-11-5-6-14(26(30)31)8-18(11)24-20(27)15-9-19(17(23)10-16(15)22)34(32,33)25-13-4-2-3-12(7-13)21(28)29/h2-10,25H,1H3,(H,24,27)(H,28,29). The monoisotopic (exact) mass is 523 g/mol. The lowest BCUT2D eigenvalue weighted by Gasteiger charge is -2.14. The third kappa shape index (κ3) is 5.45. The number of hydrogen-bond donors (Lipinski definition) is 3. The highest BCUT2D eigenvalue weighted by Crippen LogP contribution is 2.31. The van der Waals surface area contributed by atoms with Gasteiger partial charge in [-0.1, -0.05) is 35.3 Å². The number of nitrogens with one attached hydrogen (secondary N) is 2. The smallest absolute Gasteiger partial charge is 0.335 e. The third-order valence-electron chi connectivity index (χ3n) is 4.60. The van der Waals surface area contributed by atoms with Crippen molar-refractivity contribution in [2.24, 2.45) is 0 Å². The molecule has 3 aromatic carbocycles. The van der Waals surface area contributed by atoms with Gasteiger partial charge in [0.15, 0.2) is 0 Å². The normalized spacial score (nSPS) is 11.0. The summed E-state index contributed by atoms with van der Waals surface area (Å²) in [6, 6.07) is 11.0. The minimum Gasteiger partial charge on any atom is -0.478 e. The lowest BCUT2D eigenvalue weighted by atomic mass is 10.1. The van der Waals surface area contributed by atoms with E-state index in [-0.39, 0.29) is 38.2 Å². The Labute approximate surface area is 203 Å². The Morgan fingerprint density at radius 1 is 1.03 bits per heavy atom. The molecule has 3 aromatic rings. The van der Waals surface area contributed by atoms with Gasteiger partial charge in [0.05, 0.1) is 31.8 Å². The number of nitrogens with zero attached hydrogens (tertiary/aromatic N) is 1. The highest BCUT2D eigenvalue weighted by Gasteiger charge is 2.24. The van der Waals surface area contributed by atoms with Crippen LogP contribution in [0.3, 0.4) is 0 Å². The van der Waals surface area contributed by atoms with Crippen LogP contribution in [0, 0.1) is 17.0 Å². The van der Waals surface area contributed by atoms with Gasteiger partial charge in [-0.2, -0.15) is 0 Å². The molecular formula is C21H15Cl2N3O7S. The number of aromatic carboxylic acids is 1. The maximum atomic E-state index is 12.9. The summed E-state index contributed by atoms with van der Waals surface area (Å²) < 4.78 is 28.1. The van der Waals surface area contributed by atoms with Crippen LogP contribution < -0.4 is 10.0 Å². The van der Waals surface area contributed by atoms with Gasteiger partial charge in [-0.3, -0.25) is 19.6 Å². The minimum absolute atomic E-state index is 0.0378. The fourth-order valence-corrected chi connectivity index (χ4v) is 4.79. The summed E-state index contributed by atoms with van der Waals surface area (Å²) in [5.74, 6) is -2.07. The molecule has 0 bridgehead atoms. The van der Waals surface area contributed by atoms with Crippen LogP contribution in [0.4, 0.5) is 17.1 Å². The lowest BCUT2D eigenvalue weighted by molar-refractivity contribution is -0.384. The number of amides is 1.